The molecule has 0 fully saturated rings. The molecule has 24 heavy (non-hydrogen) atoms. The lowest BCUT2D eigenvalue weighted by Gasteiger charge is -2.19. The lowest BCUT2D eigenvalue weighted by molar-refractivity contribution is 0.450. The average molecular weight is 339 g/mol. The third-order valence-corrected chi connectivity index (χ3v) is 6.15. The number of thiophene rings is 1. The summed E-state index contributed by atoms with van der Waals surface area (Å²) in [6.45, 7) is 6.10. The second-order valence-corrected chi connectivity index (χ2v) is 7.80. The first-order chi connectivity index (χ1) is 11.5. The lowest BCUT2D eigenvalue weighted by Crippen LogP contribution is -2.26. The molecular weight excluding hydrogens is 318 g/mol. The molecule has 4 rings (SSSR count). The van der Waals surface area contributed by atoms with Crippen molar-refractivity contribution in [2.45, 2.75) is 45.7 Å². The predicted molar refractivity (Wildman–Crippen MR) is 98.8 cm³/mol. The molecule has 2 heterocycles. The fourth-order valence-electron chi connectivity index (χ4n) is 3.59. The van der Waals surface area contributed by atoms with Crippen molar-refractivity contribution in [2.24, 2.45) is 0 Å². The van der Waals surface area contributed by atoms with Crippen molar-refractivity contribution in [2.75, 3.05) is 0 Å². The maximum Gasteiger partial charge on any atom is 0.259 e. The highest BCUT2D eigenvalue weighted by atomic mass is 32.1. The van der Waals surface area contributed by atoms with Crippen LogP contribution in [0, 0.1) is 13.8 Å². The molecule has 0 aliphatic heterocycles. The van der Waals surface area contributed by atoms with Crippen LogP contribution in [0.5, 0.6) is 0 Å². The van der Waals surface area contributed by atoms with Crippen molar-refractivity contribution in [1.29, 1.82) is 0 Å². The lowest BCUT2D eigenvalue weighted by atomic mass is 10.1. The molecule has 2 atom stereocenters. The van der Waals surface area contributed by atoms with E-state index in [1.54, 1.807) is 11.3 Å². The van der Waals surface area contributed by atoms with Crippen LogP contribution in [0.2, 0.25) is 0 Å². The van der Waals surface area contributed by atoms with Gasteiger partial charge in [-0.2, -0.15) is 0 Å². The van der Waals surface area contributed by atoms with Crippen LogP contribution < -0.4 is 10.9 Å². The second kappa shape index (κ2) is 5.83. The van der Waals surface area contributed by atoms with E-state index in [0.717, 1.165) is 39.3 Å². The summed E-state index contributed by atoms with van der Waals surface area (Å²) in [5, 5.41) is 4.37. The molecule has 2 aromatic heterocycles. The SMILES string of the molecule is Cc1sc2nc(C(C)NC3CCc4ccccc43)[nH]c(=O)c2c1C. The predicted octanol–water partition coefficient (Wildman–Crippen LogP) is 3.94. The largest absolute Gasteiger partial charge is 0.309 e. The molecule has 5 heteroatoms. The van der Waals surface area contributed by atoms with Crippen LogP contribution in [-0.2, 0) is 6.42 Å². The third-order valence-electron chi connectivity index (χ3n) is 5.05. The van der Waals surface area contributed by atoms with Crippen LogP contribution in [0.4, 0.5) is 0 Å². The van der Waals surface area contributed by atoms with E-state index in [2.05, 4.69) is 41.5 Å². The van der Waals surface area contributed by atoms with Gasteiger partial charge in [-0.3, -0.25) is 4.79 Å². The van der Waals surface area contributed by atoms with E-state index in [0.29, 0.717) is 6.04 Å². The molecule has 3 aromatic rings. The summed E-state index contributed by atoms with van der Waals surface area (Å²) in [5.41, 5.74) is 3.80. The van der Waals surface area contributed by atoms with Crippen molar-refractivity contribution >= 4 is 21.6 Å². The minimum absolute atomic E-state index is 0.000897. The highest BCUT2D eigenvalue weighted by molar-refractivity contribution is 7.18. The number of nitrogens with zero attached hydrogens (tertiary/aromatic N) is 1. The van der Waals surface area contributed by atoms with E-state index in [-0.39, 0.29) is 11.6 Å². The van der Waals surface area contributed by atoms with Gasteiger partial charge in [0.2, 0.25) is 0 Å². The minimum Gasteiger partial charge on any atom is -0.309 e. The van der Waals surface area contributed by atoms with Gasteiger partial charge < -0.3 is 10.3 Å². The number of rotatable bonds is 3. The Hall–Kier alpha value is -1.98. The van der Waals surface area contributed by atoms with Crippen molar-refractivity contribution in [3.8, 4) is 0 Å². The van der Waals surface area contributed by atoms with Crippen LogP contribution in [0.15, 0.2) is 29.1 Å². The quantitative estimate of drug-likeness (QED) is 0.760. The number of aromatic nitrogens is 2. The molecule has 2 unspecified atom stereocenters. The van der Waals surface area contributed by atoms with Gasteiger partial charge in [-0.15, -0.1) is 11.3 Å². The molecule has 0 saturated carbocycles. The van der Waals surface area contributed by atoms with Crippen LogP contribution in [0.25, 0.3) is 10.2 Å². The molecule has 0 bridgehead atoms. The molecule has 1 aliphatic carbocycles. The first kappa shape index (κ1) is 15.5. The Morgan fingerprint density at radius 1 is 1.33 bits per heavy atom. The number of hydrogen-bond donors (Lipinski definition) is 2. The zero-order valence-electron chi connectivity index (χ0n) is 14.1. The molecule has 2 N–H and O–H groups in total. The number of benzene rings is 1. The molecule has 124 valence electrons. The summed E-state index contributed by atoms with van der Waals surface area (Å²) in [6, 6.07) is 8.90. The van der Waals surface area contributed by atoms with Crippen molar-refractivity contribution < 1.29 is 0 Å². The summed E-state index contributed by atoms with van der Waals surface area (Å²) >= 11 is 1.60. The van der Waals surface area contributed by atoms with E-state index in [1.165, 1.54) is 11.1 Å². The Balaban J connectivity index is 1.65. The standard InChI is InChI=1S/C19H21N3OS/c1-10-12(3)24-19-16(10)18(23)21-17(22-19)11(2)20-15-9-8-13-6-4-5-7-14(13)15/h4-7,11,15,20H,8-9H2,1-3H3,(H,21,22,23). The maximum atomic E-state index is 12.5. The molecule has 0 spiro atoms. The summed E-state index contributed by atoms with van der Waals surface area (Å²) in [6.07, 6.45) is 2.19. The zero-order valence-corrected chi connectivity index (χ0v) is 15.0. The van der Waals surface area contributed by atoms with Gasteiger partial charge in [0, 0.05) is 10.9 Å². The van der Waals surface area contributed by atoms with E-state index < -0.39 is 0 Å². The Bertz CT molecular complexity index is 972. The Labute approximate surface area is 145 Å². The summed E-state index contributed by atoms with van der Waals surface area (Å²) < 4.78 is 0. The number of aromatic amines is 1. The topological polar surface area (TPSA) is 57.8 Å². The van der Waals surface area contributed by atoms with Gasteiger partial charge in [0.25, 0.3) is 5.56 Å². The van der Waals surface area contributed by atoms with E-state index in [9.17, 15) is 4.79 Å². The monoisotopic (exact) mass is 339 g/mol. The Morgan fingerprint density at radius 3 is 2.96 bits per heavy atom. The van der Waals surface area contributed by atoms with Gasteiger partial charge in [0.1, 0.15) is 10.7 Å². The molecule has 1 aliphatic rings. The van der Waals surface area contributed by atoms with Crippen LogP contribution in [-0.4, -0.2) is 9.97 Å². The zero-order chi connectivity index (χ0) is 16.8. The minimum atomic E-state index is -0.0303. The first-order valence-corrected chi connectivity index (χ1v) is 9.20. The highest BCUT2D eigenvalue weighted by Gasteiger charge is 2.24. The first-order valence-electron chi connectivity index (χ1n) is 8.38. The molecule has 0 saturated heterocycles. The van der Waals surface area contributed by atoms with Crippen LogP contribution >= 0.6 is 11.3 Å². The molecule has 4 nitrogen and oxygen atoms in total. The average Bonchev–Trinajstić information content (AvgIpc) is 3.09. The van der Waals surface area contributed by atoms with Crippen molar-refractivity contribution in [1.82, 2.24) is 15.3 Å². The van der Waals surface area contributed by atoms with Crippen molar-refractivity contribution in [3.05, 3.63) is 62.0 Å². The number of aryl methyl sites for hydroxylation is 3. The fraction of sp³-hybridized carbons (Fsp3) is 0.368. The van der Waals surface area contributed by atoms with Gasteiger partial charge in [0.05, 0.1) is 11.4 Å². The molecular formula is C19H21N3OS. The summed E-state index contributed by atoms with van der Waals surface area (Å²) in [4.78, 5) is 22.1. The van der Waals surface area contributed by atoms with Crippen LogP contribution in [0.3, 0.4) is 0 Å². The second-order valence-electron chi connectivity index (χ2n) is 6.59. The number of nitrogens with one attached hydrogen (secondary N) is 2. The van der Waals surface area contributed by atoms with Gasteiger partial charge >= 0.3 is 0 Å². The maximum absolute atomic E-state index is 12.5. The number of fused-ring (bicyclic) bond motifs is 2. The molecule has 0 amide bonds. The molecule has 0 radical (unpaired) electrons. The fourth-order valence-corrected chi connectivity index (χ4v) is 4.62. The van der Waals surface area contributed by atoms with E-state index >= 15 is 0 Å². The van der Waals surface area contributed by atoms with Gasteiger partial charge in [-0.25, -0.2) is 4.98 Å². The van der Waals surface area contributed by atoms with Gasteiger partial charge in [-0.1, -0.05) is 24.3 Å². The third kappa shape index (κ3) is 2.48. The van der Waals surface area contributed by atoms with Crippen molar-refractivity contribution in [3.63, 3.8) is 0 Å². The Kier molecular flexibility index (Phi) is 3.77. The normalized spacial score (nSPS) is 18.0. The number of hydrogen-bond acceptors (Lipinski definition) is 4. The smallest absolute Gasteiger partial charge is 0.259 e. The van der Waals surface area contributed by atoms with E-state index in [4.69, 9.17) is 4.98 Å². The number of H-pyrrole nitrogens is 1. The summed E-state index contributed by atoms with van der Waals surface area (Å²) in [7, 11) is 0. The van der Waals surface area contributed by atoms with Gasteiger partial charge in [0.15, 0.2) is 0 Å². The summed E-state index contributed by atoms with van der Waals surface area (Å²) in [5.74, 6) is 0.720. The highest BCUT2D eigenvalue weighted by Crippen LogP contribution is 2.33. The molecule has 1 aromatic carbocycles. The Morgan fingerprint density at radius 2 is 2.12 bits per heavy atom. The van der Waals surface area contributed by atoms with E-state index in [1.807, 2.05) is 13.8 Å². The van der Waals surface area contributed by atoms with Gasteiger partial charge in [-0.05, 0) is 50.3 Å². The van der Waals surface area contributed by atoms with Crippen LogP contribution in [0.1, 0.15) is 52.8 Å².